The molecule has 7 nitrogen and oxygen atoms in total. The standard InChI is InChI=1S/C16H19ClN4O3/c1-10(2)24-14-7-11(5-6-13(14)23-4)8-18-20-12-9-19-21(3)16(22)15(12)17/h5-10,20H,1-4H3/b18-8-. The summed E-state index contributed by atoms with van der Waals surface area (Å²) < 4.78 is 12.1. The minimum atomic E-state index is -0.395. The van der Waals surface area contributed by atoms with Crippen LogP contribution < -0.4 is 20.5 Å². The number of nitrogens with one attached hydrogen (secondary N) is 1. The number of anilines is 1. The minimum Gasteiger partial charge on any atom is -0.493 e. The number of hydrogen-bond donors (Lipinski definition) is 1. The fourth-order valence-corrected chi connectivity index (χ4v) is 2.10. The number of hydrazone groups is 1. The molecule has 8 heteroatoms. The summed E-state index contributed by atoms with van der Waals surface area (Å²) in [6.45, 7) is 3.87. The summed E-state index contributed by atoms with van der Waals surface area (Å²) >= 11 is 5.96. The second-order valence-corrected chi connectivity index (χ2v) is 5.63. The molecule has 24 heavy (non-hydrogen) atoms. The fourth-order valence-electron chi connectivity index (χ4n) is 1.88. The highest BCUT2D eigenvalue weighted by molar-refractivity contribution is 6.32. The molecule has 2 aromatic rings. The molecule has 0 aliphatic rings. The van der Waals surface area contributed by atoms with Crippen molar-refractivity contribution in [2.75, 3.05) is 12.5 Å². The molecule has 128 valence electrons. The second kappa shape index (κ2) is 7.83. The van der Waals surface area contributed by atoms with Crippen molar-refractivity contribution in [3.63, 3.8) is 0 Å². The van der Waals surface area contributed by atoms with E-state index < -0.39 is 5.56 Å². The van der Waals surface area contributed by atoms with Crippen molar-refractivity contribution >= 4 is 23.5 Å². The number of nitrogens with zero attached hydrogens (tertiary/aromatic N) is 3. The number of rotatable bonds is 6. The maximum atomic E-state index is 11.7. The van der Waals surface area contributed by atoms with Crippen molar-refractivity contribution in [1.29, 1.82) is 0 Å². The maximum Gasteiger partial charge on any atom is 0.287 e. The van der Waals surface area contributed by atoms with Crippen LogP contribution >= 0.6 is 11.6 Å². The summed E-state index contributed by atoms with van der Waals surface area (Å²) in [5.74, 6) is 1.28. The van der Waals surface area contributed by atoms with Gasteiger partial charge in [0, 0.05) is 7.05 Å². The SMILES string of the molecule is COc1ccc(/C=N\Nc2cnn(C)c(=O)c2Cl)cc1OC(C)C. The van der Waals surface area contributed by atoms with Crippen LogP contribution in [0.25, 0.3) is 0 Å². The molecule has 1 aromatic carbocycles. The molecule has 0 spiro atoms. The van der Waals surface area contributed by atoms with Crippen LogP contribution in [-0.4, -0.2) is 29.2 Å². The quantitative estimate of drug-likeness (QED) is 0.640. The van der Waals surface area contributed by atoms with Gasteiger partial charge >= 0.3 is 0 Å². The van der Waals surface area contributed by atoms with E-state index in [0.29, 0.717) is 17.2 Å². The Morgan fingerprint density at radius 1 is 1.38 bits per heavy atom. The highest BCUT2D eigenvalue weighted by Crippen LogP contribution is 2.28. The molecule has 0 radical (unpaired) electrons. The number of aryl methyl sites for hydroxylation is 1. The van der Waals surface area contributed by atoms with E-state index in [1.165, 1.54) is 13.2 Å². The average Bonchev–Trinajstić information content (AvgIpc) is 2.54. The van der Waals surface area contributed by atoms with E-state index in [-0.39, 0.29) is 11.1 Å². The largest absolute Gasteiger partial charge is 0.493 e. The first kappa shape index (κ1) is 17.8. The lowest BCUT2D eigenvalue weighted by molar-refractivity contribution is 0.230. The Morgan fingerprint density at radius 2 is 2.12 bits per heavy atom. The molecule has 0 aliphatic carbocycles. The zero-order valence-electron chi connectivity index (χ0n) is 13.9. The highest BCUT2D eigenvalue weighted by atomic mass is 35.5. The first-order valence-corrected chi connectivity index (χ1v) is 7.65. The van der Waals surface area contributed by atoms with Gasteiger partial charge in [0.05, 0.1) is 25.6 Å². The van der Waals surface area contributed by atoms with Gasteiger partial charge in [-0.2, -0.15) is 10.2 Å². The summed E-state index contributed by atoms with van der Waals surface area (Å²) in [5.41, 5.74) is 3.45. The van der Waals surface area contributed by atoms with Gasteiger partial charge in [-0.25, -0.2) is 4.68 Å². The van der Waals surface area contributed by atoms with Crippen LogP contribution in [0.4, 0.5) is 5.69 Å². The van der Waals surface area contributed by atoms with Crippen LogP contribution in [0.1, 0.15) is 19.4 Å². The van der Waals surface area contributed by atoms with Crippen molar-refractivity contribution in [2.24, 2.45) is 12.1 Å². The van der Waals surface area contributed by atoms with E-state index in [4.69, 9.17) is 21.1 Å². The second-order valence-electron chi connectivity index (χ2n) is 5.25. The Morgan fingerprint density at radius 3 is 2.79 bits per heavy atom. The molecule has 2 rings (SSSR count). The third-order valence-corrected chi connectivity index (χ3v) is 3.39. The van der Waals surface area contributed by atoms with Gasteiger partial charge in [0.2, 0.25) is 0 Å². The van der Waals surface area contributed by atoms with E-state index in [9.17, 15) is 4.79 Å². The van der Waals surface area contributed by atoms with Gasteiger partial charge in [-0.1, -0.05) is 11.6 Å². The van der Waals surface area contributed by atoms with Gasteiger partial charge in [0.1, 0.15) is 10.7 Å². The smallest absolute Gasteiger partial charge is 0.287 e. The van der Waals surface area contributed by atoms with Gasteiger partial charge in [0.25, 0.3) is 5.56 Å². The molecule has 1 heterocycles. The summed E-state index contributed by atoms with van der Waals surface area (Å²) in [7, 11) is 3.11. The van der Waals surface area contributed by atoms with Gasteiger partial charge < -0.3 is 9.47 Å². The third-order valence-electron chi connectivity index (χ3n) is 3.03. The summed E-state index contributed by atoms with van der Waals surface area (Å²) in [4.78, 5) is 11.7. The monoisotopic (exact) mass is 350 g/mol. The van der Waals surface area contributed by atoms with Gasteiger partial charge in [-0.05, 0) is 37.6 Å². The molecule has 0 amide bonds. The van der Waals surface area contributed by atoms with Gasteiger partial charge in [-0.15, -0.1) is 0 Å². The topological polar surface area (TPSA) is 77.7 Å². The van der Waals surface area contributed by atoms with Crippen molar-refractivity contribution in [1.82, 2.24) is 9.78 Å². The van der Waals surface area contributed by atoms with Crippen molar-refractivity contribution in [2.45, 2.75) is 20.0 Å². The van der Waals surface area contributed by atoms with E-state index in [1.54, 1.807) is 19.4 Å². The third kappa shape index (κ3) is 4.26. The van der Waals surface area contributed by atoms with Crippen LogP contribution in [-0.2, 0) is 7.05 Å². The molecule has 0 saturated heterocycles. The molecular formula is C16H19ClN4O3. The first-order chi connectivity index (χ1) is 11.4. The highest BCUT2D eigenvalue weighted by Gasteiger charge is 2.08. The Kier molecular flexibility index (Phi) is 5.81. The molecule has 1 N–H and O–H groups in total. The van der Waals surface area contributed by atoms with E-state index in [1.807, 2.05) is 26.0 Å². The lowest BCUT2D eigenvalue weighted by Gasteiger charge is -2.13. The van der Waals surface area contributed by atoms with Crippen LogP contribution in [0.3, 0.4) is 0 Å². The molecule has 0 bridgehead atoms. The first-order valence-electron chi connectivity index (χ1n) is 7.28. The molecular weight excluding hydrogens is 332 g/mol. The van der Waals surface area contributed by atoms with E-state index in [2.05, 4.69) is 15.6 Å². The molecule has 1 aromatic heterocycles. The Bertz CT molecular complexity index is 802. The zero-order chi connectivity index (χ0) is 17.7. The van der Waals surface area contributed by atoms with Gasteiger partial charge in [0.15, 0.2) is 11.5 Å². The predicted molar refractivity (Wildman–Crippen MR) is 94.5 cm³/mol. The molecule has 0 atom stereocenters. The summed E-state index contributed by atoms with van der Waals surface area (Å²) in [5, 5.41) is 7.99. The van der Waals surface area contributed by atoms with E-state index in [0.717, 1.165) is 10.2 Å². The lowest BCUT2D eigenvalue weighted by atomic mass is 10.2. The van der Waals surface area contributed by atoms with Crippen LogP contribution in [0.5, 0.6) is 11.5 Å². The molecule has 0 aliphatic heterocycles. The summed E-state index contributed by atoms with van der Waals surface area (Å²) in [6.07, 6.45) is 3.04. The number of aromatic nitrogens is 2. The molecule has 0 unspecified atom stereocenters. The Labute approximate surface area is 144 Å². The normalized spacial score (nSPS) is 11.1. The number of methoxy groups -OCH3 is 1. The lowest BCUT2D eigenvalue weighted by Crippen LogP contribution is -2.20. The number of benzene rings is 1. The van der Waals surface area contributed by atoms with Crippen molar-refractivity contribution < 1.29 is 9.47 Å². The number of halogens is 1. The van der Waals surface area contributed by atoms with Crippen LogP contribution in [0, 0.1) is 0 Å². The Balaban J connectivity index is 2.17. The Hall–Kier alpha value is -2.54. The number of hydrogen-bond acceptors (Lipinski definition) is 6. The predicted octanol–water partition coefficient (Wildman–Crippen LogP) is 2.68. The summed E-state index contributed by atoms with van der Waals surface area (Å²) in [6, 6.07) is 5.45. The maximum absolute atomic E-state index is 11.7. The minimum absolute atomic E-state index is 0.0228. The van der Waals surface area contributed by atoms with Crippen molar-refractivity contribution in [3.8, 4) is 11.5 Å². The zero-order valence-corrected chi connectivity index (χ0v) is 14.7. The number of ether oxygens (including phenoxy) is 2. The fraction of sp³-hybridized carbons (Fsp3) is 0.312. The average molecular weight is 351 g/mol. The van der Waals surface area contributed by atoms with E-state index >= 15 is 0 Å². The van der Waals surface area contributed by atoms with Crippen molar-refractivity contribution in [3.05, 3.63) is 45.3 Å². The van der Waals surface area contributed by atoms with Crippen LogP contribution in [0.2, 0.25) is 5.02 Å². The molecule has 0 saturated carbocycles. The van der Waals surface area contributed by atoms with Gasteiger partial charge in [-0.3, -0.25) is 10.2 Å². The van der Waals surface area contributed by atoms with Crippen LogP contribution in [0.15, 0.2) is 34.3 Å². The molecule has 0 fully saturated rings.